The first-order valence-electron chi connectivity index (χ1n) is 10.3. The molecule has 2 aromatic heterocycles. The fraction of sp³-hybridized carbons (Fsp3) is 0.409. The van der Waals surface area contributed by atoms with Crippen LogP contribution in [0.15, 0.2) is 35.1 Å². The van der Waals surface area contributed by atoms with E-state index in [4.69, 9.17) is 0 Å². The summed E-state index contributed by atoms with van der Waals surface area (Å²) >= 11 is 1.49. The minimum Gasteiger partial charge on any atom is -0.368 e. The molecule has 0 saturated carbocycles. The summed E-state index contributed by atoms with van der Waals surface area (Å²) in [5.74, 6) is 0.107. The number of benzene rings is 1. The van der Waals surface area contributed by atoms with Crippen LogP contribution in [0, 0.1) is 20.8 Å². The maximum absolute atomic E-state index is 12.9. The molecule has 1 aromatic carbocycles. The van der Waals surface area contributed by atoms with Crippen LogP contribution in [0.3, 0.4) is 0 Å². The van der Waals surface area contributed by atoms with Gasteiger partial charge in [-0.25, -0.2) is 4.98 Å². The number of nitrogens with one attached hydrogen (secondary N) is 1. The topological polar surface area (TPSA) is 74.2 Å². The molecule has 1 aliphatic heterocycles. The van der Waals surface area contributed by atoms with E-state index in [1.807, 2.05) is 43.9 Å². The van der Waals surface area contributed by atoms with Crippen LogP contribution in [-0.4, -0.2) is 51.8 Å². The Bertz CT molecular complexity index is 1070. The zero-order valence-electron chi connectivity index (χ0n) is 17.6. The molecule has 158 valence electrons. The second-order valence-electron chi connectivity index (χ2n) is 7.70. The average molecular weight is 426 g/mol. The van der Waals surface area contributed by atoms with Gasteiger partial charge in [0.25, 0.3) is 5.56 Å². The molecule has 0 aliphatic carbocycles. The molecule has 8 heteroatoms. The molecule has 1 fully saturated rings. The number of piperazine rings is 1. The number of para-hydroxylation sites is 1. The normalized spacial score (nSPS) is 14.4. The molecule has 1 amide bonds. The third kappa shape index (κ3) is 4.05. The van der Waals surface area contributed by atoms with Gasteiger partial charge < -0.3 is 9.80 Å². The van der Waals surface area contributed by atoms with Gasteiger partial charge in [-0.1, -0.05) is 29.5 Å². The number of H-pyrrole nitrogens is 1. The van der Waals surface area contributed by atoms with Crippen molar-refractivity contribution in [2.24, 2.45) is 0 Å². The predicted molar refractivity (Wildman–Crippen MR) is 120 cm³/mol. The number of aromatic amines is 1. The van der Waals surface area contributed by atoms with Gasteiger partial charge in [0.2, 0.25) is 11.0 Å². The summed E-state index contributed by atoms with van der Waals surface area (Å²) in [6, 6.07) is 10.3. The summed E-state index contributed by atoms with van der Waals surface area (Å²) in [5.41, 5.74) is 3.48. The lowest BCUT2D eigenvalue weighted by molar-refractivity contribution is -0.131. The molecule has 3 heterocycles. The highest BCUT2D eigenvalue weighted by molar-refractivity contribution is 7.14. The zero-order chi connectivity index (χ0) is 21.3. The molecule has 1 saturated heterocycles. The minimum absolute atomic E-state index is 0.107. The van der Waals surface area contributed by atoms with E-state index in [1.54, 1.807) is 0 Å². The van der Waals surface area contributed by atoms with Gasteiger partial charge in [-0.3, -0.25) is 14.7 Å². The Morgan fingerprint density at radius 3 is 2.43 bits per heavy atom. The maximum atomic E-state index is 12.9. The number of nitrogens with zero attached hydrogens (tertiary/aromatic N) is 4. The van der Waals surface area contributed by atoms with Gasteiger partial charge in [0, 0.05) is 54.4 Å². The molecule has 7 nitrogen and oxygen atoms in total. The van der Waals surface area contributed by atoms with E-state index >= 15 is 0 Å². The van der Waals surface area contributed by atoms with E-state index in [-0.39, 0.29) is 11.5 Å². The van der Waals surface area contributed by atoms with E-state index in [0.717, 1.165) is 29.4 Å². The zero-order valence-corrected chi connectivity index (χ0v) is 18.5. The summed E-state index contributed by atoms with van der Waals surface area (Å²) in [7, 11) is 0. The van der Waals surface area contributed by atoms with Crippen LogP contribution in [0.1, 0.15) is 28.2 Å². The first-order valence-corrected chi connectivity index (χ1v) is 11.1. The van der Waals surface area contributed by atoms with Crippen LogP contribution < -0.4 is 10.5 Å². The van der Waals surface area contributed by atoms with E-state index in [1.165, 1.54) is 21.7 Å². The SMILES string of the molecule is Cc1nc(-n2[nH]c(C)c(CCC(=O)N3CCN(c4ccccc4)CC3)c2=O)sc1C. The van der Waals surface area contributed by atoms with Gasteiger partial charge in [0.1, 0.15) is 0 Å². The molecule has 4 rings (SSSR count). The Hall–Kier alpha value is -2.87. The van der Waals surface area contributed by atoms with E-state index < -0.39 is 0 Å². The van der Waals surface area contributed by atoms with Gasteiger partial charge >= 0.3 is 0 Å². The fourth-order valence-electron chi connectivity index (χ4n) is 3.80. The van der Waals surface area contributed by atoms with Crippen molar-refractivity contribution in [2.45, 2.75) is 33.6 Å². The monoisotopic (exact) mass is 425 g/mol. The molecule has 1 N–H and O–H groups in total. The van der Waals surface area contributed by atoms with Crippen LogP contribution in [0.5, 0.6) is 0 Å². The standard InChI is InChI=1S/C22H27N5O2S/c1-15-17(3)30-22(23-15)27-21(29)19(16(2)24-27)9-10-20(28)26-13-11-25(12-14-26)18-7-5-4-6-8-18/h4-8,24H,9-14H2,1-3H3. The van der Waals surface area contributed by atoms with Crippen LogP contribution in [0.4, 0.5) is 5.69 Å². The van der Waals surface area contributed by atoms with Gasteiger partial charge in [0.15, 0.2) is 0 Å². The number of anilines is 1. The maximum Gasteiger partial charge on any atom is 0.276 e. The van der Waals surface area contributed by atoms with Gasteiger partial charge in [-0.15, -0.1) is 0 Å². The molecule has 30 heavy (non-hydrogen) atoms. The number of thiazole rings is 1. The Kier molecular flexibility index (Phi) is 5.76. The number of aromatic nitrogens is 3. The summed E-state index contributed by atoms with van der Waals surface area (Å²) in [5, 5.41) is 3.76. The molecule has 3 aromatic rings. The molecule has 1 aliphatic rings. The molecule has 0 spiro atoms. The number of rotatable bonds is 5. The number of hydrogen-bond donors (Lipinski definition) is 1. The lowest BCUT2D eigenvalue weighted by Crippen LogP contribution is -2.48. The summed E-state index contributed by atoms with van der Waals surface area (Å²) in [6.45, 7) is 8.89. The van der Waals surface area contributed by atoms with Crippen LogP contribution >= 0.6 is 11.3 Å². The minimum atomic E-state index is -0.108. The quantitative estimate of drug-likeness (QED) is 0.682. The Labute approximate surface area is 179 Å². The van der Waals surface area contributed by atoms with Gasteiger partial charge in [0.05, 0.1) is 5.69 Å². The molecule has 0 bridgehead atoms. The second kappa shape index (κ2) is 8.47. The summed E-state index contributed by atoms with van der Waals surface area (Å²) < 4.78 is 1.50. The number of aryl methyl sites for hydroxylation is 3. The van der Waals surface area contributed by atoms with Crippen molar-refractivity contribution in [1.29, 1.82) is 0 Å². The van der Waals surface area contributed by atoms with Crippen molar-refractivity contribution in [2.75, 3.05) is 31.1 Å². The highest BCUT2D eigenvalue weighted by Gasteiger charge is 2.22. The first kappa shape index (κ1) is 20.4. The third-order valence-electron chi connectivity index (χ3n) is 5.74. The van der Waals surface area contributed by atoms with Gasteiger partial charge in [-0.05, 0) is 39.3 Å². The van der Waals surface area contributed by atoms with Crippen molar-refractivity contribution >= 4 is 22.9 Å². The summed E-state index contributed by atoms with van der Waals surface area (Å²) in [6.07, 6.45) is 0.782. The average Bonchev–Trinajstić information content (AvgIpc) is 3.24. The van der Waals surface area contributed by atoms with Crippen molar-refractivity contribution in [3.8, 4) is 5.13 Å². The first-order chi connectivity index (χ1) is 14.4. The van der Waals surface area contributed by atoms with Crippen molar-refractivity contribution < 1.29 is 4.79 Å². The Morgan fingerprint density at radius 2 is 1.80 bits per heavy atom. The predicted octanol–water partition coefficient (Wildman–Crippen LogP) is 2.83. The molecule has 0 atom stereocenters. The molecule has 0 radical (unpaired) electrons. The lowest BCUT2D eigenvalue weighted by atomic mass is 10.1. The van der Waals surface area contributed by atoms with Crippen LogP contribution in [-0.2, 0) is 11.2 Å². The molecular formula is C22H27N5O2S. The number of amides is 1. The van der Waals surface area contributed by atoms with E-state index in [2.05, 4.69) is 27.1 Å². The highest BCUT2D eigenvalue weighted by Crippen LogP contribution is 2.20. The van der Waals surface area contributed by atoms with Crippen molar-refractivity contribution in [1.82, 2.24) is 19.7 Å². The van der Waals surface area contributed by atoms with Crippen molar-refractivity contribution in [3.05, 3.63) is 62.5 Å². The van der Waals surface area contributed by atoms with Crippen LogP contribution in [0.2, 0.25) is 0 Å². The fourth-order valence-corrected chi connectivity index (χ4v) is 4.67. The van der Waals surface area contributed by atoms with Crippen molar-refractivity contribution in [3.63, 3.8) is 0 Å². The summed E-state index contributed by atoms with van der Waals surface area (Å²) in [4.78, 5) is 35.4. The highest BCUT2D eigenvalue weighted by atomic mass is 32.1. The second-order valence-corrected chi connectivity index (χ2v) is 8.88. The van der Waals surface area contributed by atoms with Crippen LogP contribution in [0.25, 0.3) is 5.13 Å². The molecular weight excluding hydrogens is 398 g/mol. The lowest BCUT2D eigenvalue weighted by Gasteiger charge is -2.36. The molecule has 0 unspecified atom stereocenters. The smallest absolute Gasteiger partial charge is 0.276 e. The van der Waals surface area contributed by atoms with Gasteiger partial charge in [-0.2, -0.15) is 4.68 Å². The third-order valence-corrected chi connectivity index (χ3v) is 6.80. The Morgan fingerprint density at radius 1 is 1.10 bits per heavy atom. The number of carbonyl (C=O) groups is 1. The number of hydrogen-bond acceptors (Lipinski definition) is 5. The van der Waals surface area contributed by atoms with E-state index in [9.17, 15) is 9.59 Å². The largest absolute Gasteiger partial charge is 0.368 e. The van der Waals surface area contributed by atoms with E-state index in [0.29, 0.717) is 36.6 Å². The Balaban J connectivity index is 1.37. The number of carbonyl (C=O) groups excluding carboxylic acids is 1.